The van der Waals surface area contributed by atoms with Gasteiger partial charge in [-0.1, -0.05) is 49.2 Å². The number of hydrogen-bond donors (Lipinski definition) is 0. The molecule has 1 saturated heterocycles. The Labute approximate surface area is 273 Å². The molecule has 0 N–H and O–H groups in total. The van der Waals surface area contributed by atoms with Gasteiger partial charge in [-0.25, -0.2) is 4.79 Å². The van der Waals surface area contributed by atoms with E-state index in [0.717, 1.165) is 62.5 Å². The summed E-state index contributed by atoms with van der Waals surface area (Å²) in [6, 6.07) is 11.7. The molecular weight excluding hydrogens is 599 g/mol. The minimum absolute atomic E-state index is 0.0438. The van der Waals surface area contributed by atoms with Gasteiger partial charge < -0.3 is 19.3 Å². The SMILES string of the molecule is CCN(C(=O)OC(C(C)C)N1C(=O)CCc2ccc(OCCCCN3CCN(c4cccc(Cl)c4Cl)CC3)cc21)C(C)(C)C. The van der Waals surface area contributed by atoms with Gasteiger partial charge in [0.05, 0.1) is 28.0 Å². The van der Waals surface area contributed by atoms with Gasteiger partial charge in [-0.05, 0) is 77.3 Å². The van der Waals surface area contributed by atoms with Crippen molar-refractivity contribution in [1.82, 2.24) is 9.80 Å². The van der Waals surface area contributed by atoms with Gasteiger partial charge in [0.15, 0.2) is 6.23 Å². The first-order chi connectivity index (χ1) is 20.9. The monoisotopic (exact) mass is 646 g/mol. The van der Waals surface area contributed by atoms with Crippen molar-refractivity contribution in [1.29, 1.82) is 0 Å². The summed E-state index contributed by atoms with van der Waals surface area (Å²) < 4.78 is 12.2. The maximum absolute atomic E-state index is 13.3. The molecule has 2 aliphatic rings. The molecule has 0 aliphatic carbocycles. The van der Waals surface area contributed by atoms with E-state index in [2.05, 4.69) is 9.80 Å². The van der Waals surface area contributed by atoms with E-state index in [1.165, 1.54) is 0 Å². The van der Waals surface area contributed by atoms with Crippen LogP contribution in [0.2, 0.25) is 10.0 Å². The van der Waals surface area contributed by atoms with Crippen molar-refractivity contribution >= 4 is 46.6 Å². The number of nitrogens with zero attached hydrogens (tertiary/aromatic N) is 4. The average Bonchev–Trinajstić information content (AvgIpc) is 2.97. The number of benzene rings is 2. The number of fused-ring (bicyclic) bond motifs is 1. The number of amides is 2. The Bertz CT molecular complexity index is 1290. The lowest BCUT2D eigenvalue weighted by molar-refractivity contribution is -0.121. The summed E-state index contributed by atoms with van der Waals surface area (Å²) in [5.41, 5.74) is 2.43. The van der Waals surface area contributed by atoms with Crippen molar-refractivity contribution in [2.75, 3.05) is 55.7 Å². The highest BCUT2D eigenvalue weighted by atomic mass is 35.5. The second-order valence-electron chi connectivity index (χ2n) is 12.9. The molecule has 0 spiro atoms. The van der Waals surface area contributed by atoms with E-state index in [1.807, 2.05) is 77.9 Å². The van der Waals surface area contributed by atoms with Crippen molar-refractivity contribution in [2.45, 2.75) is 79.0 Å². The van der Waals surface area contributed by atoms with Crippen LogP contribution >= 0.6 is 23.2 Å². The van der Waals surface area contributed by atoms with Crippen LogP contribution in [0.4, 0.5) is 16.2 Å². The Hall–Kier alpha value is -2.68. The molecule has 2 amide bonds. The fraction of sp³-hybridized carbons (Fsp3) is 0.588. The normalized spacial score (nSPS) is 16.6. The van der Waals surface area contributed by atoms with Crippen molar-refractivity contribution in [2.24, 2.45) is 5.92 Å². The number of hydrogen-bond acceptors (Lipinski definition) is 6. The number of carbonyl (C=O) groups is 2. The maximum Gasteiger partial charge on any atom is 0.412 e. The molecule has 2 aromatic carbocycles. The molecule has 2 heterocycles. The predicted molar refractivity (Wildman–Crippen MR) is 179 cm³/mol. The number of halogens is 2. The lowest BCUT2D eigenvalue weighted by atomic mass is 9.98. The summed E-state index contributed by atoms with van der Waals surface area (Å²) in [4.78, 5) is 34.6. The molecule has 2 aliphatic heterocycles. The second kappa shape index (κ2) is 15.1. The quantitative estimate of drug-likeness (QED) is 0.236. The minimum Gasteiger partial charge on any atom is -0.494 e. The number of piperazine rings is 1. The Morgan fingerprint density at radius 2 is 1.73 bits per heavy atom. The first-order valence-corrected chi connectivity index (χ1v) is 16.6. The topological polar surface area (TPSA) is 65.6 Å². The van der Waals surface area contributed by atoms with Crippen molar-refractivity contribution in [3.05, 3.63) is 52.0 Å². The second-order valence-corrected chi connectivity index (χ2v) is 13.7. The van der Waals surface area contributed by atoms with Crippen molar-refractivity contribution in [3.63, 3.8) is 0 Å². The van der Waals surface area contributed by atoms with Gasteiger partial charge in [0, 0.05) is 56.7 Å². The van der Waals surface area contributed by atoms with E-state index in [-0.39, 0.29) is 11.8 Å². The molecule has 1 fully saturated rings. The predicted octanol–water partition coefficient (Wildman–Crippen LogP) is 7.49. The number of anilines is 2. The number of unbranched alkanes of at least 4 members (excludes halogenated alkanes) is 1. The summed E-state index contributed by atoms with van der Waals surface area (Å²) >= 11 is 12.6. The van der Waals surface area contributed by atoms with E-state index in [9.17, 15) is 9.59 Å². The van der Waals surface area contributed by atoms with Crippen LogP contribution in [-0.2, 0) is 16.0 Å². The first-order valence-electron chi connectivity index (χ1n) is 15.9. The van der Waals surface area contributed by atoms with Crippen LogP contribution in [0.3, 0.4) is 0 Å². The molecule has 242 valence electrons. The number of carbonyl (C=O) groups excluding carboxylic acids is 2. The van der Waals surface area contributed by atoms with E-state index in [4.69, 9.17) is 32.7 Å². The number of aryl methyl sites for hydroxylation is 1. The van der Waals surface area contributed by atoms with Crippen LogP contribution in [0.25, 0.3) is 0 Å². The standard InChI is InChI=1S/C34H48Cl2N4O4/c1-7-39(34(4,5)6)33(42)44-32(24(2)3)40-29-23-26(15-13-25(29)14-16-30(40)41)43-22-9-8-17-37-18-20-38(21-19-37)28-12-10-11-27(35)31(28)36/h10-13,15,23-24,32H,7-9,14,16-22H2,1-6H3. The van der Waals surface area contributed by atoms with E-state index in [0.29, 0.717) is 41.8 Å². The summed E-state index contributed by atoms with van der Waals surface area (Å²) in [5.74, 6) is 0.577. The zero-order valence-corrected chi connectivity index (χ0v) is 28.6. The van der Waals surface area contributed by atoms with Gasteiger partial charge in [-0.15, -0.1) is 0 Å². The van der Waals surface area contributed by atoms with Crippen LogP contribution in [0.1, 0.15) is 66.4 Å². The molecular formula is C34H48Cl2N4O4. The Balaban J connectivity index is 1.31. The van der Waals surface area contributed by atoms with Gasteiger partial charge in [-0.3, -0.25) is 14.6 Å². The fourth-order valence-electron chi connectivity index (χ4n) is 5.95. The van der Waals surface area contributed by atoms with Gasteiger partial charge in [-0.2, -0.15) is 0 Å². The number of ether oxygens (including phenoxy) is 2. The van der Waals surface area contributed by atoms with Crippen LogP contribution in [0.15, 0.2) is 36.4 Å². The molecule has 8 nitrogen and oxygen atoms in total. The molecule has 0 saturated carbocycles. The minimum atomic E-state index is -0.712. The smallest absolute Gasteiger partial charge is 0.412 e. The molecule has 0 radical (unpaired) electrons. The molecule has 1 atom stereocenters. The van der Waals surface area contributed by atoms with Crippen LogP contribution in [0, 0.1) is 5.92 Å². The molecule has 10 heteroatoms. The summed E-state index contributed by atoms with van der Waals surface area (Å²) in [5, 5.41) is 1.21. The van der Waals surface area contributed by atoms with Crippen LogP contribution < -0.4 is 14.5 Å². The Kier molecular flexibility index (Phi) is 11.7. The van der Waals surface area contributed by atoms with Gasteiger partial charge >= 0.3 is 6.09 Å². The highest BCUT2D eigenvalue weighted by Gasteiger charge is 2.37. The third-order valence-electron chi connectivity index (χ3n) is 8.37. The zero-order chi connectivity index (χ0) is 32.0. The molecule has 44 heavy (non-hydrogen) atoms. The van der Waals surface area contributed by atoms with Gasteiger partial charge in [0.1, 0.15) is 5.75 Å². The van der Waals surface area contributed by atoms with Gasteiger partial charge in [0.25, 0.3) is 0 Å². The highest BCUT2D eigenvalue weighted by Crippen LogP contribution is 2.36. The highest BCUT2D eigenvalue weighted by molar-refractivity contribution is 6.43. The third kappa shape index (κ3) is 8.32. The Morgan fingerprint density at radius 1 is 1.00 bits per heavy atom. The van der Waals surface area contributed by atoms with Crippen LogP contribution in [0.5, 0.6) is 5.75 Å². The fourth-order valence-corrected chi connectivity index (χ4v) is 6.37. The average molecular weight is 648 g/mol. The number of rotatable bonds is 11. The molecule has 0 bridgehead atoms. The summed E-state index contributed by atoms with van der Waals surface area (Å²) in [6.07, 6.45) is 1.86. The maximum atomic E-state index is 13.3. The largest absolute Gasteiger partial charge is 0.494 e. The molecule has 1 unspecified atom stereocenters. The lowest BCUT2D eigenvalue weighted by Crippen LogP contribution is -2.52. The van der Waals surface area contributed by atoms with Crippen molar-refractivity contribution < 1.29 is 19.1 Å². The zero-order valence-electron chi connectivity index (χ0n) is 27.1. The summed E-state index contributed by atoms with van der Waals surface area (Å²) in [7, 11) is 0. The molecule has 0 aromatic heterocycles. The van der Waals surface area contributed by atoms with Crippen LogP contribution in [-0.4, -0.2) is 79.4 Å². The third-order valence-corrected chi connectivity index (χ3v) is 9.18. The molecule has 2 aromatic rings. The van der Waals surface area contributed by atoms with Gasteiger partial charge in [0.2, 0.25) is 5.91 Å². The Morgan fingerprint density at radius 3 is 2.39 bits per heavy atom. The lowest BCUT2D eigenvalue weighted by Gasteiger charge is -2.40. The van der Waals surface area contributed by atoms with E-state index < -0.39 is 17.9 Å². The molecule has 4 rings (SSSR count). The first kappa shape index (κ1) is 34.2. The van der Waals surface area contributed by atoms with Crippen molar-refractivity contribution in [3.8, 4) is 5.75 Å². The van der Waals surface area contributed by atoms with E-state index >= 15 is 0 Å². The summed E-state index contributed by atoms with van der Waals surface area (Å²) in [6.45, 7) is 17.7. The van der Waals surface area contributed by atoms with E-state index in [1.54, 1.807) is 9.80 Å².